The smallest absolute Gasteiger partial charge is 0.200 e. The molecule has 0 bridgehead atoms. The van der Waals surface area contributed by atoms with Crippen LogP contribution in [0.5, 0.6) is 0 Å². The van der Waals surface area contributed by atoms with Crippen molar-refractivity contribution in [2.45, 2.75) is 93.7 Å². The van der Waals surface area contributed by atoms with Crippen LogP contribution >= 0.6 is 0 Å². The Labute approximate surface area is 183 Å². The molecule has 2 aliphatic carbocycles. The van der Waals surface area contributed by atoms with E-state index >= 15 is 0 Å². The van der Waals surface area contributed by atoms with Crippen molar-refractivity contribution in [3.63, 3.8) is 0 Å². The minimum atomic E-state index is -3.77. The maximum Gasteiger partial charge on any atom is 0.200 e. The van der Waals surface area contributed by atoms with Crippen molar-refractivity contribution in [2.24, 2.45) is 5.92 Å². The lowest BCUT2D eigenvalue weighted by atomic mass is 9.83. The summed E-state index contributed by atoms with van der Waals surface area (Å²) >= 11 is 0. The topological polar surface area (TPSA) is 60.4 Å². The van der Waals surface area contributed by atoms with Gasteiger partial charge in [0, 0.05) is 5.92 Å². The van der Waals surface area contributed by atoms with Crippen LogP contribution in [-0.2, 0) is 19.1 Å². The molecule has 2 aliphatic rings. The molecule has 6 heteroatoms. The minimum Gasteiger partial charge on any atom is -0.412 e. The van der Waals surface area contributed by atoms with Crippen LogP contribution in [0.2, 0.25) is 16.6 Å². The molecule has 30 heavy (non-hydrogen) atoms. The third-order valence-corrected chi connectivity index (χ3v) is 15.4. The fourth-order valence-corrected chi connectivity index (χ4v) is 13.5. The molecule has 4 nitrogen and oxygen atoms in total. The Morgan fingerprint density at radius 1 is 0.967 bits per heavy atom. The lowest BCUT2D eigenvalue weighted by molar-refractivity contribution is -0.114. The number of sulfone groups is 1. The highest BCUT2D eigenvalue weighted by Crippen LogP contribution is 2.49. The Morgan fingerprint density at radius 3 is 2.07 bits per heavy atom. The number of ketones is 1. The number of benzene rings is 1. The molecule has 1 fully saturated rings. The maximum absolute atomic E-state index is 13.5. The van der Waals surface area contributed by atoms with Crippen LogP contribution in [0.25, 0.3) is 0 Å². The van der Waals surface area contributed by atoms with E-state index in [0.29, 0.717) is 16.6 Å². The summed E-state index contributed by atoms with van der Waals surface area (Å²) in [5.41, 5.74) is 2.20. The number of carbonyl (C=O) groups is 1. The molecule has 0 radical (unpaired) electrons. The van der Waals surface area contributed by atoms with Gasteiger partial charge in [0.1, 0.15) is 5.25 Å². The molecule has 0 aromatic heterocycles. The van der Waals surface area contributed by atoms with Crippen LogP contribution < -0.4 is 0 Å². The third-order valence-electron chi connectivity index (χ3n) is 7.19. The molecule has 1 saturated carbocycles. The number of rotatable bonds is 7. The Kier molecular flexibility index (Phi) is 6.80. The first-order chi connectivity index (χ1) is 14.0. The number of hydrogen-bond donors (Lipinski definition) is 0. The Bertz CT molecular complexity index is 881. The van der Waals surface area contributed by atoms with Crippen LogP contribution in [0, 0.1) is 5.92 Å². The zero-order valence-electron chi connectivity index (χ0n) is 19.1. The van der Waals surface area contributed by atoms with Gasteiger partial charge in [-0.05, 0) is 54.1 Å². The van der Waals surface area contributed by atoms with Gasteiger partial charge in [0.2, 0.25) is 8.32 Å². The van der Waals surface area contributed by atoms with Crippen molar-refractivity contribution in [3.8, 4) is 0 Å². The summed E-state index contributed by atoms with van der Waals surface area (Å²) in [4.78, 5) is 13.2. The lowest BCUT2D eigenvalue weighted by Gasteiger charge is -2.47. The van der Waals surface area contributed by atoms with E-state index in [1.807, 2.05) is 0 Å². The van der Waals surface area contributed by atoms with Crippen molar-refractivity contribution in [2.75, 3.05) is 0 Å². The molecule has 166 valence electrons. The van der Waals surface area contributed by atoms with Gasteiger partial charge in [0.15, 0.2) is 15.6 Å². The zero-order valence-corrected chi connectivity index (χ0v) is 20.9. The first-order valence-corrected chi connectivity index (χ1v) is 14.9. The number of allylic oxidation sites excluding steroid dienone is 1. The molecule has 0 amide bonds. The van der Waals surface area contributed by atoms with Crippen LogP contribution in [0.4, 0.5) is 0 Å². The number of hydrogen-bond acceptors (Lipinski definition) is 4. The monoisotopic (exact) mass is 448 g/mol. The van der Waals surface area contributed by atoms with E-state index < -0.39 is 23.4 Å². The van der Waals surface area contributed by atoms with Crippen molar-refractivity contribution < 1.29 is 17.6 Å². The molecule has 1 aromatic carbocycles. The normalized spacial score (nSPS) is 25.2. The summed E-state index contributed by atoms with van der Waals surface area (Å²) in [6.07, 6.45) is 3.94. The highest BCUT2D eigenvalue weighted by atomic mass is 32.2. The fourth-order valence-electron chi connectivity index (χ4n) is 6.00. The van der Waals surface area contributed by atoms with Crippen molar-refractivity contribution in [3.05, 3.63) is 42.0 Å². The van der Waals surface area contributed by atoms with E-state index in [-0.39, 0.29) is 22.7 Å². The standard InChI is InChI=1S/C24H36O4SSi/c1-16(2)30(17(3)4,18(5)6)28-22-14-10-11-19-15-21(25)24(23(19)22)29(26,27)20-12-8-7-9-13-20/h7-9,12-13,15-18,22-24H,10-11,14H2,1-6H3/t22-,23+,24-/m0/s1. The second-order valence-corrected chi connectivity index (χ2v) is 17.3. The first kappa shape index (κ1) is 23.4. The summed E-state index contributed by atoms with van der Waals surface area (Å²) in [5.74, 6) is -0.639. The molecule has 3 rings (SSSR count). The average Bonchev–Trinajstić information content (AvgIpc) is 3.03. The second-order valence-electron chi connectivity index (χ2n) is 9.79. The summed E-state index contributed by atoms with van der Waals surface area (Å²) in [7, 11) is -5.97. The van der Waals surface area contributed by atoms with Gasteiger partial charge in [-0.3, -0.25) is 4.79 Å². The van der Waals surface area contributed by atoms with Crippen LogP contribution in [-0.4, -0.2) is 33.9 Å². The summed E-state index contributed by atoms with van der Waals surface area (Å²) in [6, 6.07) is 8.40. The molecule has 0 spiro atoms. The zero-order chi connectivity index (χ0) is 22.3. The van der Waals surface area contributed by atoms with Crippen molar-refractivity contribution in [1.82, 2.24) is 0 Å². The SMILES string of the molecule is CC(C)[Si](O[C@H]1CCCC2=CC(=O)[C@H](S(=O)(=O)c3ccccc3)[C@H]21)(C(C)C)C(C)C. The van der Waals surface area contributed by atoms with Gasteiger partial charge in [0.05, 0.1) is 11.0 Å². The Balaban J connectivity index is 2.03. The van der Waals surface area contributed by atoms with Gasteiger partial charge in [-0.2, -0.15) is 0 Å². The largest absolute Gasteiger partial charge is 0.412 e. The molecule has 0 saturated heterocycles. The first-order valence-electron chi connectivity index (χ1n) is 11.2. The predicted octanol–water partition coefficient (Wildman–Crippen LogP) is 5.70. The highest BCUT2D eigenvalue weighted by molar-refractivity contribution is 7.93. The van der Waals surface area contributed by atoms with Gasteiger partial charge in [-0.15, -0.1) is 0 Å². The number of fused-ring (bicyclic) bond motifs is 1. The summed E-state index contributed by atoms with van der Waals surface area (Å²) in [6.45, 7) is 13.4. The van der Waals surface area contributed by atoms with Crippen LogP contribution in [0.3, 0.4) is 0 Å². The predicted molar refractivity (Wildman–Crippen MR) is 124 cm³/mol. The van der Waals surface area contributed by atoms with Crippen molar-refractivity contribution in [1.29, 1.82) is 0 Å². The fraction of sp³-hybridized carbons (Fsp3) is 0.625. The Morgan fingerprint density at radius 2 is 1.53 bits per heavy atom. The maximum atomic E-state index is 13.5. The second kappa shape index (κ2) is 8.71. The lowest BCUT2D eigenvalue weighted by Crippen LogP contribution is -2.54. The summed E-state index contributed by atoms with van der Waals surface area (Å²) in [5, 5.41) is -1.06. The van der Waals surface area contributed by atoms with Crippen molar-refractivity contribution >= 4 is 23.9 Å². The highest BCUT2D eigenvalue weighted by Gasteiger charge is 2.54. The molecule has 3 atom stereocenters. The van der Waals surface area contributed by atoms with E-state index in [1.165, 1.54) is 0 Å². The molecule has 0 heterocycles. The average molecular weight is 449 g/mol. The molecular formula is C24H36O4SSi. The van der Waals surface area contributed by atoms with Gasteiger partial charge in [-0.1, -0.05) is 65.3 Å². The van der Waals surface area contributed by atoms with E-state index in [0.717, 1.165) is 24.8 Å². The Hall–Kier alpha value is -1.24. The van der Waals surface area contributed by atoms with Gasteiger partial charge in [0.25, 0.3) is 0 Å². The molecule has 0 N–H and O–H groups in total. The summed E-state index contributed by atoms with van der Waals surface area (Å²) < 4.78 is 34.1. The van der Waals surface area contributed by atoms with Gasteiger partial charge >= 0.3 is 0 Å². The van der Waals surface area contributed by atoms with E-state index in [9.17, 15) is 13.2 Å². The minimum absolute atomic E-state index is 0.209. The van der Waals surface area contributed by atoms with Gasteiger partial charge in [-0.25, -0.2) is 8.42 Å². The van der Waals surface area contributed by atoms with E-state index in [4.69, 9.17) is 4.43 Å². The van der Waals surface area contributed by atoms with Crippen LogP contribution in [0.1, 0.15) is 60.8 Å². The number of carbonyl (C=O) groups excluding carboxylic acids is 1. The van der Waals surface area contributed by atoms with E-state index in [1.54, 1.807) is 36.4 Å². The third kappa shape index (κ3) is 3.87. The molecule has 0 aliphatic heterocycles. The molecular weight excluding hydrogens is 412 g/mol. The molecule has 0 unspecified atom stereocenters. The van der Waals surface area contributed by atoms with Gasteiger partial charge < -0.3 is 4.43 Å². The van der Waals surface area contributed by atoms with Crippen LogP contribution in [0.15, 0.2) is 46.9 Å². The quantitative estimate of drug-likeness (QED) is 0.502. The van der Waals surface area contributed by atoms with E-state index in [2.05, 4.69) is 41.5 Å². The molecule has 1 aromatic rings.